The van der Waals surface area contributed by atoms with E-state index in [-0.39, 0.29) is 11.4 Å². The van der Waals surface area contributed by atoms with Crippen molar-refractivity contribution < 1.29 is 14.7 Å². The van der Waals surface area contributed by atoms with E-state index < -0.39 is 11.8 Å². The molecule has 31 heavy (non-hydrogen) atoms. The average molecular weight is 434 g/mol. The summed E-state index contributed by atoms with van der Waals surface area (Å²) in [5.41, 5.74) is 4.40. The smallest absolute Gasteiger partial charge is 0.287 e. The third-order valence-corrected chi connectivity index (χ3v) is 4.58. The first-order chi connectivity index (χ1) is 14.9. The number of nitrogens with one attached hydrogen (secondary N) is 2. The molecule has 3 aromatic rings. The molecule has 0 bridgehead atoms. The van der Waals surface area contributed by atoms with E-state index in [0.29, 0.717) is 27.4 Å². The van der Waals surface area contributed by atoms with Gasteiger partial charge in [0.1, 0.15) is 11.4 Å². The minimum absolute atomic E-state index is 0.00464. The summed E-state index contributed by atoms with van der Waals surface area (Å²) in [6.07, 6.45) is 1.53. The van der Waals surface area contributed by atoms with Crippen molar-refractivity contribution in [1.82, 2.24) is 10.7 Å². The number of nitrogens with zero attached hydrogens (tertiary/aromatic N) is 1. The molecular weight excluding hydrogens is 414 g/mol. The van der Waals surface area contributed by atoms with Gasteiger partial charge in [0, 0.05) is 16.1 Å². The maximum atomic E-state index is 12.8. The Morgan fingerprint density at radius 2 is 1.58 bits per heavy atom. The Morgan fingerprint density at radius 3 is 2.26 bits per heavy atom. The lowest BCUT2D eigenvalue weighted by Gasteiger charge is -2.10. The van der Waals surface area contributed by atoms with Crippen LogP contribution >= 0.6 is 11.6 Å². The van der Waals surface area contributed by atoms with Crippen molar-refractivity contribution >= 4 is 35.2 Å². The van der Waals surface area contributed by atoms with Gasteiger partial charge in [-0.2, -0.15) is 5.10 Å². The Kier molecular flexibility index (Phi) is 7.19. The predicted molar refractivity (Wildman–Crippen MR) is 122 cm³/mol. The Labute approximate surface area is 184 Å². The van der Waals surface area contributed by atoms with Crippen LogP contribution < -0.4 is 10.7 Å². The summed E-state index contributed by atoms with van der Waals surface area (Å²) in [5.74, 6) is -1.00. The monoisotopic (exact) mass is 433 g/mol. The topological polar surface area (TPSA) is 90.8 Å². The van der Waals surface area contributed by atoms with Gasteiger partial charge in [0.25, 0.3) is 11.8 Å². The number of phenols is 1. The van der Waals surface area contributed by atoms with Gasteiger partial charge in [0.2, 0.25) is 0 Å². The maximum Gasteiger partial charge on any atom is 0.287 e. The molecule has 0 aliphatic heterocycles. The number of hydrogen-bond acceptors (Lipinski definition) is 4. The van der Waals surface area contributed by atoms with Crippen LogP contribution in [0.15, 0.2) is 89.7 Å². The molecule has 0 spiro atoms. The minimum atomic E-state index is -0.617. The molecule has 0 atom stereocenters. The number of aromatic hydroxyl groups is 1. The zero-order chi connectivity index (χ0) is 22.2. The van der Waals surface area contributed by atoms with Crippen molar-refractivity contribution in [2.24, 2.45) is 5.10 Å². The predicted octanol–water partition coefficient (Wildman–Crippen LogP) is 4.36. The number of hydrogen-bond donors (Lipinski definition) is 3. The second kappa shape index (κ2) is 10.2. The van der Waals surface area contributed by atoms with Crippen molar-refractivity contribution in [3.63, 3.8) is 0 Å². The average Bonchev–Trinajstić information content (AvgIpc) is 2.79. The van der Waals surface area contributed by atoms with E-state index in [2.05, 4.69) is 15.8 Å². The molecule has 0 unspecified atom stereocenters. The molecule has 2 amide bonds. The Balaban J connectivity index is 1.85. The van der Waals surface area contributed by atoms with Crippen LogP contribution in [0.4, 0.5) is 0 Å². The van der Waals surface area contributed by atoms with Crippen molar-refractivity contribution in [1.29, 1.82) is 0 Å². The van der Waals surface area contributed by atoms with Gasteiger partial charge in [-0.15, -0.1) is 0 Å². The summed E-state index contributed by atoms with van der Waals surface area (Å²) in [7, 11) is 0. The molecule has 0 heterocycles. The van der Waals surface area contributed by atoms with Gasteiger partial charge in [-0.25, -0.2) is 5.43 Å². The molecule has 0 saturated heterocycles. The normalized spacial score (nSPS) is 11.7. The minimum Gasteiger partial charge on any atom is -0.507 e. The van der Waals surface area contributed by atoms with Crippen LogP contribution in [0.1, 0.15) is 28.4 Å². The maximum absolute atomic E-state index is 12.8. The highest BCUT2D eigenvalue weighted by atomic mass is 35.5. The molecule has 3 aromatic carbocycles. The van der Waals surface area contributed by atoms with Gasteiger partial charge in [0.05, 0.1) is 5.71 Å². The van der Waals surface area contributed by atoms with Crippen LogP contribution in [-0.4, -0.2) is 22.6 Å². The van der Waals surface area contributed by atoms with Gasteiger partial charge in [-0.3, -0.25) is 9.59 Å². The molecule has 0 aliphatic carbocycles. The number of rotatable bonds is 6. The molecule has 0 fully saturated rings. The summed E-state index contributed by atoms with van der Waals surface area (Å²) >= 11 is 5.92. The molecule has 0 radical (unpaired) electrons. The molecular formula is C24H20ClN3O3. The van der Waals surface area contributed by atoms with E-state index in [0.717, 1.165) is 0 Å². The molecule has 6 nitrogen and oxygen atoms in total. The highest BCUT2D eigenvalue weighted by molar-refractivity contribution is 6.30. The fourth-order valence-electron chi connectivity index (χ4n) is 2.70. The van der Waals surface area contributed by atoms with Gasteiger partial charge in [-0.1, -0.05) is 54.1 Å². The standard InChI is InChI=1S/C24H20ClN3O3/c1-16(20-9-5-6-10-22(20)29)27-28-24(31)21(15-17-11-13-19(25)14-12-17)26-23(30)18-7-3-2-4-8-18/h2-15,29H,1H3,(H,26,30)(H,28,31). The number of phenolic OH excluding ortho intramolecular Hbond substituents is 1. The third-order valence-electron chi connectivity index (χ3n) is 4.33. The zero-order valence-corrected chi connectivity index (χ0v) is 17.4. The van der Waals surface area contributed by atoms with E-state index in [1.54, 1.807) is 79.7 Å². The van der Waals surface area contributed by atoms with Crippen LogP contribution in [0, 0.1) is 0 Å². The van der Waals surface area contributed by atoms with Gasteiger partial charge >= 0.3 is 0 Å². The molecule has 0 aromatic heterocycles. The number of carbonyl (C=O) groups is 2. The van der Waals surface area contributed by atoms with E-state index in [1.807, 2.05) is 0 Å². The van der Waals surface area contributed by atoms with Crippen LogP contribution in [-0.2, 0) is 4.79 Å². The van der Waals surface area contributed by atoms with Crippen molar-refractivity contribution in [2.75, 3.05) is 0 Å². The summed E-state index contributed by atoms with van der Waals surface area (Å²) in [5, 5.41) is 17.2. The van der Waals surface area contributed by atoms with Crippen molar-refractivity contribution in [2.45, 2.75) is 6.92 Å². The molecule has 3 rings (SSSR count). The first kappa shape index (κ1) is 21.8. The number of para-hydroxylation sites is 1. The Bertz CT molecular complexity index is 1140. The summed E-state index contributed by atoms with van der Waals surface area (Å²) in [6, 6.07) is 22.0. The van der Waals surface area contributed by atoms with Crippen molar-refractivity contribution in [3.05, 3.63) is 106 Å². The first-order valence-electron chi connectivity index (χ1n) is 9.40. The largest absolute Gasteiger partial charge is 0.507 e. The molecule has 7 heteroatoms. The van der Waals surface area contributed by atoms with Crippen LogP contribution in [0.2, 0.25) is 5.02 Å². The SMILES string of the molecule is CC(=NNC(=O)C(=Cc1ccc(Cl)cc1)NC(=O)c1ccccc1)c1ccccc1O. The number of benzene rings is 3. The Morgan fingerprint density at radius 1 is 0.935 bits per heavy atom. The molecule has 0 saturated carbocycles. The highest BCUT2D eigenvalue weighted by Crippen LogP contribution is 2.16. The summed E-state index contributed by atoms with van der Waals surface area (Å²) < 4.78 is 0. The second-order valence-electron chi connectivity index (χ2n) is 6.59. The van der Waals surface area contributed by atoms with Gasteiger partial charge < -0.3 is 10.4 Å². The molecule has 0 aliphatic rings. The zero-order valence-electron chi connectivity index (χ0n) is 16.7. The highest BCUT2D eigenvalue weighted by Gasteiger charge is 2.15. The fourth-order valence-corrected chi connectivity index (χ4v) is 2.83. The lowest BCUT2D eigenvalue weighted by atomic mass is 10.1. The number of carbonyl (C=O) groups excluding carboxylic acids is 2. The molecule has 156 valence electrons. The van der Waals surface area contributed by atoms with E-state index in [9.17, 15) is 14.7 Å². The summed E-state index contributed by atoms with van der Waals surface area (Å²) in [6.45, 7) is 1.65. The van der Waals surface area contributed by atoms with Gasteiger partial charge in [0.15, 0.2) is 0 Å². The van der Waals surface area contributed by atoms with E-state index in [4.69, 9.17) is 11.6 Å². The fraction of sp³-hybridized carbons (Fsp3) is 0.0417. The summed E-state index contributed by atoms with van der Waals surface area (Å²) in [4.78, 5) is 25.4. The van der Waals surface area contributed by atoms with E-state index in [1.165, 1.54) is 12.1 Å². The lowest BCUT2D eigenvalue weighted by molar-refractivity contribution is -0.117. The second-order valence-corrected chi connectivity index (χ2v) is 7.02. The number of amides is 2. The number of halogens is 1. The third kappa shape index (κ3) is 6.04. The van der Waals surface area contributed by atoms with Gasteiger partial charge in [-0.05, 0) is 55.0 Å². The van der Waals surface area contributed by atoms with E-state index >= 15 is 0 Å². The molecule has 3 N–H and O–H groups in total. The number of hydrazone groups is 1. The van der Waals surface area contributed by atoms with Crippen LogP contribution in [0.3, 0.4) is 0 Å². The lowest BCUT2D eigenvalue weighted by Crippen LogP contribution is -2.33. The van der Waals surface area contributed by atoms with Crippen molar-refractivity contribution in [3.8, 4) is 5.75 Å². The van der Waals surface area contributed by atoms with Crippen LogP contribution in [0.5, 0.6) is 5.75 Å². The first-order valence-corrected chi connectivity index (χ1v) is 9.78. The van der Waals surface area contributed by atoms with Crippen LogP contribution in [0.25, 0.3) is 6.08 Å². The quantitative estimate of drug-likeness (QED) is 0.306. The Hall–Kier alpha value is -3.90.